The van der Waals surface area contributed by atoms with E-state index >= 15 is 0 Å². The Kier molecular flexibility index (Phi) is 14.1. The Morgan fingerprint density at radius 2 is 1.11 bits per heavy atom. The summed E-state index contributed by atoms with van der Waals surface area (Å²) in [5.41, 5.74) is 15.9. The van der Waals surface area contributed by atoms with Gasteiger partial charge in [0.1, 0.15) is 23.1 Å². The van der Waals surface area contributed by atoms with Crippen LogP contribution in [0.2, 0.25) is 0 Å². The number of carboxylic acids is 1. The molecule has 0 unspecified atom stereocenters. The van der Waals surface area contributed by atoms with Gasteiger partial charge in [-0.2, -0.15) is 0 Å². The van der Waals surface area contributed by atoms with Gasteiger partial charge in [0.15, 0.2) is 0 Å². The third kappa shape index (κ3) is 10.6. The summed E-state index contributed by atoms with van der Waals surface area (Å²) in [6, 6.07) is 33.7. The molecule has 0 aliphatic heterocycles. The van der Waals surface area contributed by atoms with E-state index in [1.807, 2.05) is 48.5 Å². The predicted molar refractivity (Wildman–Crippen MR) is 241 cm³/mol. The van der Waals surface area contributed by atoms with Crippen molar-refractivity contribution in [3.8, 4) is 11.5 Å². The lowest BCUT2D eigenvalue weighted by molar-refractivity contribution is 0.0696. The fourth-order valence-electron chi connectivity index (χ4n) is 8.60. The van der Waals surface area contributed by atoms with Crippen LogP contribution in [0.25, 0.3) is 11.1 Å². The summed E-state index contributed by atoms with van der Waals surface area (Å²) in [5.74, 6) is 0.141. The van der Waals surface area contributed by atoms with E-state index < -0.39 is 5.97 Å². The van der Waals surface area contributed by atoms with Gasteiger partial charge in [0, 0.05) is 0 Å². The zero-order valence-corrected chi connectivity index (χ0v) is 35.4. The third-order valence-electron chi connectivity index (χ3n) is 11.7. The number of aliphatic hydroxyl groups excluding tert-OH is 2. The molecule has 0 aromatic heterocycles. The summed E-state index contributed by atoms with van der Waals surface area (Å²) in [6.07, 6.45) is 10.1. The molecular formula is C54H52F2O6. The fraction of sp³-hybridized carbons (Fsp3) is 0.241. The van der Waals surface area contributed by atoms with Crippen molar-refractivity contribution in [1.82, 2.24) is 0 Å². The standard InChI is InChI=1S/C27H25FO4.C27H27FO2/c1-32-23-14-18(12-19(15-23)16-29)13-22-8-10-24-25(28)11-9-20(26(22)24)5-2-17-3-6-21(7-4-17)27(30)31;1-18-3-5-19(6-4-18)7-8-23-15-25(28)16-24-10-9-22(27(23)24)12-20-11-21(17-29)14-26(13-20)30-2/h3-4,6-9,11-12,14-15,29H,2,5,10,13,16H2,1H3,(H,30,31);3-6,9,11,13-16,29H,7-8,10,12,17H2,1-2H3. The quantitative estimate of drug-likeness (QED) is 0.0954. The van der Waals surface area contributed by atoms with Crippen molar-refractivity contribution >= 4 is 17.1 Å². The monoisotopic (exact) mass is 834 g/mol. The van der Waals surface area contributed by atoms with Crippen LogP contribution in [-0.2, 0) is 64.6 Å². The van der Waals surface area contributed by atoms with Crippen LogP contribution in [0, 0.1) is 18.6 Å². The molecule has 6 nitrogen and oxygen atoms in total. The van der Waals surface area contributed by atoms with Crippen LogP contribution in [0.15, 0.2) is 121 Å². The SMILES string of the molecule is COc1cc(CO)cc(CC2=CCc3c(F)ccc(CCc4ccc(C(=O)O)cc4)c32)c1.COc1cc(CO)cc(CC2=CCc3cc(F)cc(CCc4ccc(C)cc4)c32)c1. The molecule has 8 heteroatoms. The number of hydrogen-bond acceptors (Lipinski definition) is 5. The molecule has 0 spiro atoms. The molecule has 6 aromatic carbocycles. The minimum atomic E-state index is -0.940. The highest BCUT2D eigenvalue weighted by molar-refractivity contribution is 5.87. The lowest BCUT2D eigenvalue weighted by Gasteiger charge is -2.15. The molecule has 0 amide bonds. The number of fused-ring (bicyclic) bond motifs is 2. The van der Waals surface area contributed by atoms with Crippen LogP contribution in [-0.4, -0.2) is 35.5 Å². The lowest BCUT2D eigenvalue weighted by atomic mass is 9.91. The normalized spacial score (nSPS) is 12.5. The molecule has 0 saturated carbocycles. The summed E-state index contributed by atoms with van der Waals surface area (Å²) >= 11 is 0. The molecule has 0 bridgehead atoms. The Labute approximate surface area is 362 Å². The first-order valence-electron chi connectivity index (χ1n) is 21.0. The summed E-state index contributed by atoms with van der Waals surface area (Å²) in [4.78, 5) is 11.1. The highest BCUT2D eigenvalue weighted by Crippen LogP contribution is 2.37. The van der Waals surface area contributed by atoms with Gasteiger partial charge < -0.3 is 24.8 Å². The molecule has 3 N–H and O–H groups in total. The number of aliphatic hydroxyl groups is 2. The number of halogens is 2. The van der Waals surface area contributed by atoms with Gasteiger partial charge in [-0.3, -0.25) is 0 Å². The van der Waals surface area contributed by atoms with Gasteiger partial charge in [-0.25, -0.2) is 13.6 Å². The summed E-state index contributed by atoms with van der Waals surface area (Å²) in [5, 5.41) is 28.2. The average Bonchev–Trinajstić information content (AvgIpc) is 3.90. The van der Waals surface area contributed by atoms with Crippen molar-refractivity contribution in [2.24, 2.45) is 0 Å². The Morgan fingerprint density at radius 3 is 1.68 bits per heavy atom. The third-order valence-corrected chi connectivity index (χ3v) is 11.7. The second-order valence-corrected chi connectivity index (χ2v) is 16.1. The van der Waals surface area contributed by atoms with Gasteiger partial charge in [0.2, 0.25) is 0 Å². The fourth-order valence-corrected chi connectivity index (χ4v) is 8.60. The van der Waals surface area contributed by atoms with Gasteiger partial charge in [-0.1, -0.05) is 72.3 Å². The van der Waals surface area contributed by atoms with Crippen molar-refractivity contribution in [2.75, 3.05) is 14.2 Å². The maximum absolute atomic E-state index is 14.6. The second kappa shape index (κ2) is 20.0. The molecule has 2 aliphatic carbocycles. The van der Waals surface area contributed by atoms with E-state index in [0.717, 1.165) is 105 Å². The highest BCUT2D eigenvalue weighted by Gasteiger charge is 2.23. The lowest BCUT2D eigenvalue weighted by Crippen LogP contribution is -2.02. The van der Waals surface area contributed by atoms with Crippen molar-refractivity contribution in [1.29, 1.82) is 0 Å². The largest absolute Gasteiger partial charge is 0.497 e. The van der Waals surface area contributed by atoms with Gasteiger partial charge in [0.05, 0.1) is 33.0 Å². The van der Waals surface area contributed by atoms with Crippen LogP contribution in [0.3, 0.4) is 0 Å². The number of rotatable bonds is 15. The van der Waals surface area contributed by atoms with Gasteiger partial charge >= 0.3 is 5.97 Å². The van der Waals surface area contributed by atoms with E-state index in [2.05, 4.69) is 43.3 Å². The number of ether oxygens (including phenoxy) is 2. The minimum absolute atomic E-state index is 0.0210. The Bertz CT molecular complexity index is 2580. The number of methoxy groups -OCH3 is 2. The van der Waals surface area contributed by atoms with E-state index in [4.69, 9.17) is 14.6 Å². The molecule has 8 rings (SSSR count). The first kappa shape index (κ1) is 43.7. The molecular weight excluding hydrogens is 783 g/mol. The predicted octanol–water partition coefficient (Wildman–Crippen LogP) is 10.6. The molecule has 0 heterocycles. The van der Waals surface area contributed by atoms with E-state index in [1.165, 1.54) is 28.3 Å². The zero-order chi connectivity index (χ0) is 43.8. The smallest absolute Gasteiger partial charge is 0.335 e. The molecule has 0 saturated heterocycles. The number of hydrogen-bond donors (Lipinski definition) is 3. The zero-order valence-electron chi connectivity index (χ0n) is 35.4. The van der Waals surface area contributed by atoms with Gasteiger partial charge in [0.25, 0.3) is 0 Å². The molecule has 62 heavy (non-hydrogen) atoms. The molecule has 0 atom stereocenters. The summed E-state index contributed by atoms with van der Waals surface area (Å²) < 4.78 is 39.6. The Hall–Kier alpha value is -6.35. The number of benzene rings is 6. The number of carbonyl (C=O) groups is 1. The first-order valence-corrected chi connectivity index (χ1v) is 21.0. The van der Waals surface area contributed by atoms with E-state index in [-0.39, 0.29) is 30.4 Å². The van der Waals surface area contributed by atoms with E-state index in [0.29, 0.717) is 18.6 Å². The van der Waals surface area contributed by atoms with E-state index in [1.54, 1.807) is 44.6 Å². The summed E-state index contributed by atoms with van der Waals surface area (Å²) in [7, 11) is 3.23. The molecule has 0 radical (unpaired) electrons. The van der Waals surface area contributed by atoms with Crippen LogP contribution >= 0.6 is 0 Å². The van der Waals surface area contributed by atoms with Crippen molar-refractivity contribution in [3.05, 3.63) is 211 Å². The highest BCUT2D eigenvalue weighted by atomic mass is 19.1. The van der Waals surface area contributed by atoms with Gasteiger partial charge in [-0.05, 0) is 191 Å². The van der Waals surface area contributed by atoms with Crippen molar-refractivity contribution in [3.63, 3.8) is 0 Å². The maximum Gasteiger partial charge on any atom is 0.335 e. The molecule has 2 aliphatic rings. The molecule has 318 valence electrons. The first-order chi connectivity index (χ1) is 30.0. The van der Waals surface area contributed by atoms with Crippen LogP contribution in [0.5, 0.6) is 11.5 Å². The number of aryl methyl sites for hydroxylation is 5. The maximum atomic E-state index is 14.6. The number of aromatic carboxylic acids is 1. The van der Waals surface area contributed by atoms with Crippen LogP contribution in [0.4, 0.5) is 8.78 Å². The van der Waals surface area contributed by atoms with E-state index in [9.17, 15) is 23.8 Å². The summed E-state index contributed by atoms with van der Waals surface area (Å²) in [6.45, 7) is 1.99. The van der Waals surface area contributed by atoms with Crippen LogP contribution in [0.1, 0.15) is 82.7 Å². The topological polar surface area (TPSA) is 96.2 Å². The average molecular weight is 835 g/mol. The van der Waals surface area contributed by atoms with Crippen molar-refractivity contribution in [2.45, 2.75) is 71.5 Å². The Morgan fingerprint density at radius 1 is 0.581 bits per heavy atom. The van der Waals surface area contributed by atoms with Crippen LogP contribution < -0.4 is 9.47 Å². The number of allylic oxidation sites excluding steroid dienone is 4. The molecule has 0 fully saturated rings. The second-order valence-electron chi connectivity index (χ2n) is 16.1. The minimum Gasteiger partial charge on any atom is -0.497 e. The number of carboxylic acid groups (broad SMARTS) is 1. The molecule has 6 aromatic rings. The van der Waals surface area contributed by atoms with Gasteiger partial charge in [-0.15, -0.1) is 0 Å². The Balaban J connectivity index is 0.000000187. The van der Waals surface area contributed by atoms with Crippen molar-refractivity contribution < 1.29 is 38.4 Å².